The molecule has 0 fully saturated rings. The van der Waals surface area contributed by atoms with Gasteiger partial charge in [-0.25, -0.2) is 4.98 Å². The van der Waals surface area contributed by atoms with E-state index < -0.39 is 0 Å². The van der Waals surface area contributed by atoms with Crippen LogP contribution >= 0.6 is 0 Å². The molecule has 2 aromatic heterocycles. The molecule has 0 spiro atoms. The molecule has 0 radical (unpaired) electrons. The van der Waals surface area contributed by atoms with Crippen molar-refractivity contribution in [1.29, 1.82) is 5.26 Å². The number of benzene rings is 1. The molecule has 5 nitrogen and oxygen atoms in total. The minimum absolute atomic E-state index is 0.0398. The molecule has 18 heavy (non-hydrogen) atoms. The van der Waals surface area contributed by atoms with E-state index in [1.807, 2.05) is 36.0 Å². The van der Waals surface area contributed by atoms with Crippen LogP contribution in [0.25, 0.3) is 11.0 Å². The van der Waals surface area contributed by atoms with Crippen LogP contribution in [0.2, 0.25) is 0 Å². The van der Waals surface area contributed by atoms with Gasteiger partial charge in [0.15, 0.2) is 0 Å². The molecule has 3 rings (SSSR count). The average molecular weight is 237 g/mol. The molecule has 0 amide bonds. The molecule has 0 aliphatic rings. The first-order chi connectivity index (χ1) is 8.78. The van der Waals surface area contributed by atoms with Crippen LogP contribution in [0.3, 0.4) is 0 Å². The summed E-state index contributed by atoms with van der Waals surface area (Å²) in [5.41, 5.74) is 2.37. The van der Waals surface area contributed by atoms with Gasteiger partial charge in [-0.2, -0.15) is 10.4 Å². The lowest BCUT2D eigenvalue weighted by molar-refractivity contribution is 0.542. The van der Waals surface area contributed by atoms with E-state index in [2.05, 4.69) is 21.1 Å². The molecule has 0 bridgehead atoms. The first-order valence-electron chi connectivity index (χ1n) is 5.67. The Morgan fingerprint density at radius 2 is 2.33 bits per heavy atom. The van der Waals surface area contributed by atoms with Crippen LogP contribution in [-0.2, 0) is 0 Å². The number of aromatic nitrogens is 4. The molecule has 5 heteroatoms. The summed E-state index contributed by atoms with van der Waals surface area (Å²) in [6, 6.07) is 9.47. The molecular formula is C13H11N5. The molecule has 1 atom stereocenters. The quantitative estimate of drug-likeness (QED) is 0.743. The van der Waals surface area contributed by atoms with Crippen LogP contribution in [0.4, 0.5) is 0 Å². The lowest BCUT2D eigenvalue weighted by Crippen LogP contribution is -2.08. The van der Waals surface area contributed by atoms with Gasteiger partial charge in [-0.05, 0) is 31.2 Å². The van der Waals surface area contributed by atoms with Crippen molar-refractivity contribution in [3.8, 4) is 6.07 Å². The first kappa shape index (κ1) is 10.5. The normalized spacial score (nSPS) is 12.4. The van der Waals surface area contributed by atoms with E-state index in [0.29, 0.717) is 5.56 Å². The topological polar surface area (TPSA) is 70.3 Å². The Bertz CT molecular complexity index is 718. The van der Waals surface area contributed by atoms with Gasteiger partial charge >= 0.3 is 0 Å². The lowest BCUT2D eigenvalue weighted by Gasteiger charge is -2.08. The highest BCUT2D eigenvalue weighted by atomic mass is 15.3. The summed E-state index contributed by atoms with van der Waals surface area (Å²) < 4.78 is 1.84. The van der Waals surface area contributed by atoms with Gasteiger partial charge in [-0.1, -0.05) is 0 Å². The number of imidazole rings is 1. The maximum absolute atomic E-state index is 8.86. The van der Waals surface area contributed by atoms with E-state index in [0.717, 1.165) is 16.9 Å². The highest BCUT2D eigenvalue weighted by molar-refractivity contribution is 5.76. The van der Waals surface area contributed by atoms with E-state index in [1.165, 1.54) is 0 Å². The SMILES string of the molecule is CC(c1nc2ccc(C#N)cc2[nH]1)n1cccn1. The van der Waals surface area contributed by atoms with Gasteiger partial charge in [0, 0.05) is 12.4 Å². The molecule has 1 aromatic carbocycles. The molecule has 0 aliphatic carbocycles. The van der Waals surface area contributed by atoms with E-state index >= 15 is 0 Å². The number of nitrogens with zero attached hydrogens (tertiary/aromatic N) is 4. The Hall–Kier alpha value is -2.61. The largest absolute Gasteiger partial charge is 0.340 e. The number of H-pyrrole nitrogens is 1. The minimum Gasteiger partial charge on any atom is -0.340 e. The van der Waals surface area contributed by atoms with Crippen molar-refractivity contribution >= 4 is 11.0 Å². The zero-order valence-corrected chi connectivity index (χ0v) is 9.83. The van der Waals surface area contributed by atoms with Gasteiger partial charge in [0.05, 0.1) is 22.7 Å². The molecule has 1 unspecified atom stereocenters. The van der Waals surface area contributed by atoms with Gasteiger partial charge < -0.3 is 4.98 Å². The van der Waals surface area contributed by atoms with Gasteiger partial charge in [-0.15, -0.1) is 0 Å². The molecule has 1 N–H and O–H groups in total. The molecular weight excluding hydrogens is 226 g/mol. The van der Waals surface area contributed by atoms with Gasteiger partial charge in [0.1, 0.15) is 11.9 Å². The summed E-state index contributed by atoms with van der Waals surface area (Å²) in [5, 5.41) is 13.1. The van der Waals surface area contributed by atoms with Crippen LogP contribution < -0.4 is 0 Å². The van der Waals surface area contributed by atoms with Crippen molar-refractivity contribution in [3.63, 3.8) is 0 Å². The van der Waals surface area contributed by atoms with Gasteiger partial charge in [-0.3, -0.25) is 4.68 Å². The monoisotopic (exact) mass is 237 g/mol. The van der Waals surface area contributed by atoms with E-state index in [-0.39, 0.29) is 6.04 Å². The third-order valence-electron chi connectivity index (χ3n) is 2.95. The Kier molecular flexibility index (Phi) is 2.34. The summed E-state index contributed by atoms with van der Waals surface area (Å²) in [7, 11) is 0. The van der Waals surface area contributed by atoms with Crippen LogP contribution in [0.1, 0.15) is 24.4 Å². The fourth-order valence-electron chi connectivity index (χ4n) is 1.93. The summed E-state index contributed by atoms with van der Waals surface area (Å²) in [4.78, 5) is 7.75. The van der Waals surface area contributed by atoms with E-state index in [4.69, 9.17) is 5.26 Å². The smallest absolute Gasteiger partial charge is 0.131 e. The molecule has 0 saturated carbocycles. The van der Waals surface area contributed by atoms with Crippen LogP contribution in [0, 0.1) is 11.3 Å². The van der Waals surface area contributed by atoms with Crippen molar-refractivity contribution in [2.24, 2.45) is 0 Å². The summed E-state index contributed by atoms with van der Waals surface area (Å²) in [5.74, 6) is 0.837. The third-order valence-corrected chi connectivity index (χ3v) is 2.95. The zero-order valence-electron chi connectivity index (χ0n) is 9.83. The van der Waals surface area contributed by atoms with Crippen molar-refractivity contribution in [2.75, 3.05) is 0 Å². The number of hydrogen-bond acceptors (Lipinski definition) is 3. The second-order valence-electron chi connectivity index (χ2n) is 4.13. The average Bonchev–Trinajstić information content (AvgIpc) is 3.05. The molecule has 0 saturated heterocycles. The van der Waals surface area contributed by atoms with Crippen LogP contribution in [0.5, 0.6) is 0 Å². The maximum atomic E-state index is 8.86. The van der Waals surface area contributed by atoms with Crippen molar-refractivity contribution in [3.05, 3.63) is 48.0 Å². The van der Waals surface area contributed by atoms with Crippen molar-refractivity contribution in [2.45, 2.75) is 13.0 Å². The number of nitriles is 1. The van der Waals surface area contributed by atoms with Crippen molar-refractivity contribution < 1.29 is 0 Å². The number of aromatic amines is 1. The molecule has 2 heterocycles. The first-order valence-corrected chi connectivity index (χ1v) is 5.67. The standard InChI is InChI=1S/C13H11N5/c1-9(18-6-2-5-15-18)13-16-11-4-3-10(8-14)7-12(11)17-13/h2-7,9H,1H3,(H,16,17). The Labute approximate surface area is 104 Å². The Morgan fingerprint density at radius 3 is 3.06 bits per heavy atom. The molecule has 3 aromatic rings. The summed E-state index contributed by atoms with van der Waals surface area (Å²) in [6.07, 6.45) is 3.64. The fourth-order valence-corrected chi connectivity index (χ4v) is 1.93. The number of fused-ring (bicyclic) bond motifs is 1. The van der Waals surface area contributed by atoms with Crippen LogP contribution in [-0.4, -0.2) is 19.7 Å². The summed E-state index contributed by atoms with van der Waals surface area (Å²) >= 11 is 0. The second-order valence-corrected chi connectivity index (χ2v) is 4.13. The van der Waals surface area contributed by atoms with E-state index in [9.17, 15) is 0 Å². The number of nitrogens with one attached hydrogen (secondary N) is 1. The van der Waals surface area contributed by atoms with Crippen molar-refractivity contribution in [1.82, 2.24) is 19.7 Å². The Morgan fingerprint density at radius 1 is 1.44 bits per heavy atom. The third kappa shape index (κ3) is 1.64. The maximum Gasteiger partial charge on any atom is 0.131 e. The second kappa shape index (κ2) is 4.00. The lowest BCUT2D eigenvalue weighted by atomic mass is 10.2. The highest BCUT2D eigenvalue weighted by Crippen LogP contribution is 2.19. The number of rotatable bonds is 2. The number of hydrogen-bond donors (Lipinski definition) is 1. The zero-order chi connectivity index (χ0) is 12.5. The van der Waals surface area contributed by atoms with Gasteiger partial charge in [0.25, 0.3) is 0 Å². The highest BCUT2D eigenvalue weighted by Gasteiger charge is 2.12. The molecule has 88 valence electrons. The predicted octanol–water partition coefficient (Wildman–Crippen LogP) is 2.24. The van der Waals surface area contributed by atoms with Crippen LogP contribution in [0.15, 0.2) is 36.7 Å². The predicted molar refractivity (Wildman–Crippen MR) is 66.8 cm³/mol. The van der Waals surface area contributed by atoms with E-state index in [1.54, 1.807) is 12.3 Å². The fraction of sp³-hybridized carbons (Fsp3) is 0.154. The van der Waals surface area contributed by atoms with Gasteiger partial charge in [0.2, 0.25) is 0 Å². The minimum atomic E-state index is 0.0398. The Balaban J connectivity index is 2.06. The summed E-state index contributed by atoms with van der Waals surface area (Å²) in [6.45, 7) is 2.02. The molecule has 0 aliphatic heterocycles.